The van der Waals surface area contributed by atoms with Crippen molar-refractivity contribution < 1.29 is 14.3 Å². The Labute approximate surface area is 235 Å². The second-order valence-electron chi connectivity index (χ2n) is 10.4. The zero-order valence-corrected chi connectivity index (χ0v) is 23.7. The van der Waals surface area contributed by atoms with E-state index < -0.39 is 0 Å². The molecule has 0 radical (unpaired) electrons. The molecule has 0 saturated heterocycles. The third kappa shape index (κ3) is 6.01. The van der Waals surface area contributed by atoms with Crippen LogP contribution in [0.3, 0.4) is 0 Å². The van der Waals surface area contributed by atoms with E-state index in [1.165, 1.54) is 10.9 Å². The van der Waals surface area contributed by atoms with Gasteiger partial charge in [-0.25, -0.2) is 4.68 Å². The fraction of sp³-hybridized carbons (Fsp3) is 0.235. The van der Waals surface area contributed by atoms with Crippen LogP contribution in [0, 0.1) is 13.8 Å². The number of nitrogens with one attached hydrogen (secondary N) is 1. The van der Waals surface area contributed by atoms with Crippen molar-refractivity contribution >= 4 is 16.7 Å². The molecule has 1 aromatic heterocycles. The fourth-order valence-corrected chi connectivity index (χ4v) is 4.57. The predicted molar refractivity (Wildman–Crippen MR) is 161 cm³/mol. The topological polar surface area (TPSA) is 65.4 Å². The predicted octanol–water partition coefficient (Wildman–Crippen LogP) is 8.03. The molecule has 0 spiro atoms. The Balaban J connectivity index is 1.57. The van der Waals surface area contributed by atoms with Crippen LogP contribution in [0.2, 0.25) is 0 Å². The summed E-state index contributed by atoms with van der Waals surface area (Å²) in [5.74, 6) is 1.71. The van der Waals surface area contributed by atoms with Gasteiger partial charge in [-0.1, -0.05) is 48.9 Å². The number of fused-ring (bicyclic) bond motifs is 1. The second-order valence-corrected chi connectivity index (χ2v) is 10.4. The summed E-state index contributed by atoms with van der Waals surface area (Å²) in [6, 6.07) is 26.0. The molecule has 0 bridgehead atoms. The van der Waals surface area contributed by atoms with Crippen molar-refractivity contribution in [3.8, 4) is 34.2 Å². The number of aryl methyl sites for hydroxylation is 2. The second kappa shape index (κ2) is 11.7. The molecule has 0 unspecified atom stereocenters. The van der Waals surface area contributed by atoms with Gasteiger partial charge < -0.3 is 14.8 Å². The van der Waals surface area contributed by atoms with Gasteiger partial charge in [0.2, 0.25) is 5.88 Å². The first-order valence-corrected chi connectivity index (χ1v) is 13.7. The summed E-state index contributed by atoms with van der Waals surface area (Å²) in [6.45, 7) is 10.8. The maximum absolute atomic E-state index is 12.4. The average Bonchev–Trinajstić information content (AvgIpc) is 3.36. The molecule has 1 heterocycles. The Hall–Kier alpha value is -4.58. The van der Waals surface area contributed by atoms with E-state index in [4.69, 9.17) is 14.6 Å². The van der Waals surface area contributed by atoms with Crippen LogP contribution >= 0.6 is 0 Å². The van der Waals surface area contributed by atoms with Crippen molar-refractivity contribution in [1.82, 2.24) is 15.1 Å². The lowest BCUT2D eigenvalue weighted by molar-refractivity contribution is 0.0953. The number of hydrogen-bond acceptors (Lipinski definition) is 4. The largest absolute Gasteiger partial charge is 0.489 e. The maximum Gasteiger partial charge on any atom is 0.251 e. The van der Waals surface area contributed by atoms with Gasteiger partial charge in [-0.3, -0.25) is 4.79 Å². The van der Waals surface area contributed by atoms with Crippen molar-refractivity contribution in [1.29, 1.82) is 0 Å². The number of ether oxygens (including phenoxy) is 2. The van der Waals surface area contributed by atoms with Crippen molar-refractivity contribution in [3.63, 3.8) is 0 Å². The van der Waals surface area contributed by atoms with Gasteiger partial charge in [-0.2, -0.15) is 0 Å². The molecule has 0 aliphatic carbocycles. The molecule has 0 aliphatic heterocycles. The quantitative estimate of drug-likeness (QED) is 0.208. The minimum atomic E-state index is -0.0955. The van der Waals surface area contributed by atoms with Crippen LogP contribution in [0.1, 0.15) is 48.7 Å². The molecule has 6 heteroatoms. The minimum absolute atomic E-state index is 0.0178. The highest BCUT2D eigenvalue weighted by molar-refractivity contribution is 5.94. The van der Waals surface area contributed by atoms with Crippen LogP contribution in [0.15, 0.2) is 85.1 Å². The summed E-state index contributed by atoms with van der Waals surface area (Å²) >= 11 is 0. The zero-order valence-electron chi connectivity index (χ0n) is 23.7. The van der Waals surface area contributed by atoms with Gasteiger partial charge >= 0.3 is 0 Å². The van der Waals surface area contributed by atoms with E-state index >= 15 is 0 Å². The van der Waals surface area contributed by atoms with Crippen LogP contribution in [0.25, 0.3) is 27.6 Å². The molecule has 5 rings (SSSR count). The van der Waals surface area contributed by atoms with E-state index in [1.807, 2.05) is 50.7 Å². The number of amides is 1. The molecular weight excluding hydrogens is 498 g/mol. The van der Waals surface area contributed by atoms with E-state index in [2.05, 4.69) is 54.7 Å². The van der Waals surface area contributed by atoms with E-state index in [9.17, 15) is 4.79 Å². The molecule has 204 valence electrons. The van der Waals surface area contributed by atoms with Crippen molar-refractivity contribution in [2.75, 3.05) is 6.54 Å². The summed E-state index contributed by atoms with van der Waals surface area (Å²) in [6.07, 6.45) is 2.89. The third-order valence-corrected chi connectivity index (χ3v) is 6.58. The third-order valence-electron chi connectivity index (χ3n) is 6.58. The summed E-state index contributed by atoms with van der Waals surface area (Å²) in [5, 5.41) is 10.1. The first kappa shape index (κ1) is 27.0. The van der Waals surface area contributed by atoms with Gasteiger partial charge in [0.1, 0.15) is 17.2 Å². The molecule has 40 heavy (non-hydrogen) atoms. The van der Waals surface area contributed by atoms with Crippen LogP contribution in [0.5, 0.6) is 17.4 Å². The minimum Gasteiger partial charge on any atom is -0.489 e. The van der Waals surface area contributed by atoms with Crippen LogP contribution in [-0.2, 0) is 0 Å². The SMILES string of the molecule is CCCNC(=O)c1ccc(Oc2nn(-c3cc(C)ccc3OC(C)C)cc2-c2ccc3cc(C)ccc3c2)cc1. The summed E-state index contributed by atoms with van der Waals surface area (Å²) in [5.41, 5.74) is 5.59. The Morgan fingerprint density at radius 2 is 1.60 bits per heavy atom. The van der Waals surface area contributed by atoms with Gasteiger partial charge in [0, 0.05) is 18.3 Å². The molecule has 0 fully saturated rings. The Bertz CT molecular complexity index is 1650. The lowest BCUT2D eigenvalue weighted by Crippen LogP contribution is -2.23. The van der Waals surface area contributed by atoms with Gasteiger partial charge in [0.15, 0.2) is 0 Å². The van der Waals surface area contributed by atoms with Gasteiger partial charge in [0.25, 0.3) is 5.91 Å². The van der Waals surface area contributed by atoms with Crippen LogP contribution < -0.4 is 14.8 Å². The highest BCUT2D eigenvalue weighted by atomic mass is 16.5. The fourth-order valence-electron chi connectivity index (χ4n) is 4.57. The number of carbonyl (C=O) groups excluding carboxylic acids is 1. The molecule has 0 atom stereocenters. The van der Waals surface area contributed by atoms with Crippen molar-refractivity contribution in [2.24, 2.45) is 0 Å². The number of benzene rings is 4. The van der Waals surface area contributed by atoms with Crippen molar-refractivity contribution in [3.05, 3.63) is 102 Å². The van der Waals surface area contributed by atoms with E-state index in [-0.39, 0.29) is 12.0 Å². The summed E-state index contributed by atoms with van der Waals surface area (Å²) in [7, 11) is 0. The monoisotopic (exact) mass is 533 g/mol. The van der Waals surface area contributed by atoms with E-state index in [0.717, 1.165) is 39.9 Å². The smallest absolute Gasteiger partial charge is 0.251 e. The lowest BCUT2D eigenvalue weighted by Gasteiger charge is -2.14. The molecular formula is C34H35N3O3. The number of hydrogen-bond donors (Lipinski definition) is 1. The highest BCUT2D eigenvalue weighted by Gasteiger charge is 2.18. The Kier molecular flexibility index (Phi) is 7.87. The molecule has 1 N–H and O–H groups in total. The first-order chi connectivity index (χ1) is 19.3. The molecule has 6 nitrogen and oxygen atoms in total. The van der Waals surface area contributed by atoms with Gasteiger partial charge in [-0.05, 0) is 98.5 Å². The molecule has 0 saturated carbocycles. The summed E-state index contributed by atoms with van der Waals surface area (Å²) < 4.78 is 14.3. The normalized spacial score (nSPS) is 11.2. The molecule has 5 aromatic rings. The maximum atomic E-state index is 12.4. The van der Waals surface area contributed by atoms with E-state index in [1.54, 1.807) is 24.3 Å². The number of carbonyl (C=O) groups is 1. The number of aromatic nitrogens is 2. The Morgan fingerprint density at radius 1 is 0.900 bits per heavy atom. The highest BCUT2D eigenvalue weighted by Crippen LogP contribution is 2.36. The average molecular weight is 534 g/mol. The first-order valence-electron chi connectivity index (χ1n) is 13.7. The van der Waals surface area contributed by atoms with Crippen LogP contribution in [-0.4, -0.2) is 28.3 Å². The van der Waals surface area contributed by atoms with Gasteiger partial charge in [-0.15, -0.1) is 5.10 Å². The van der Waals surface area contributed by atoms with Crippen LogP contribution in [0.4, 0.5) is 0 Å². The zero-order chi connectivity index (χ0) is 28.2. The standard InChI is InChI=1S/C34H35N3O3/c1-6-17-35-33(38)25-12-14-29(15-13-25)40-34-30(28-11-10-26-18-23(4)7-9-27(26)20-28)21-37(36-34)31-19-24(5)8-16-32(31)39-22(2)3/h7-16,18-22H,6,17H2,1-5H3,(H,35,38). The van der Waals surface area contributed by atoms with Crippen molar-refractivity contribution in [2.45, 2.75) is 47.1 Å². The van der Waals surface area contributed by atoms with E-state index in [0.29, 0.717) is 23.7 Å². The van der Waals surface area contributed by atoms with Gasteiger partial charge in [0.05, 0.1) is 11.7 Å². The Morgan fingerprint density at radius 3 is 2.35 bits per heavy atom. The molecule has 0 aliphatic rings. The molecule has 1 amide bonds. The summed E-state index contributed by atoms with van der Waals surface area (Å²) in [4.78, 5) is 12.4. The molecule has 4 aromatic carbocycles. The number of rotatable bonds is 9. The number of nitrogens with zero attached hydrogens (tertiary/aromatic N) is 2. The lowest BCUT2D eigenvalue weighted by atomic mass is 10.0.